The number of methoxy groups -OCH3 is 2. The average molecular weight is 279 g/mol. The molecule has 0 aliphatic carbocycles. The van der Waals surface area contributed by atoms with Gasteiger partial charge in [0.05, 0.1) is 23.5 Å². The third-order valence-corrected chi connectivity index (χ3v) is 2.35. The van der Waals surface area contributed by atoms with Crippen molar-refractivity contribution in [2.24, 2.45) is 0 Å². The van der Waals surface area contributed by atoms with Crippen molar-refractivity contribution in [1.82, 2.24) is 0 Å². The molecule has 0 unspecified atom stereocenters. The van der Waals surface area contributed by atoms with Crippen LogP contribution in [0.1, 0.15) is 0 Å². The summed E-state index contributed by atoms with van der Waals surface area (Å²) in [4.78, 5) is 0. The normalized spacial score (nSPS) is 9.58. The number of hydrogen-bond donors (Lipinski definition) is 1. The van der Waals surface area contributed by atoms with E-state index < -0.39 is 0 Å². The molecule has 0 saturated heterocycles. The topological polar surface area (TPSA) is 44.5 Å². The number of nitrogens with two attached hydrogens (primary N) is 1. The van der Waals surface area contributed by atoms with Crippen molar-refractivity contribution in [2.75, 3.05) is 20.0 Å². The van der Waals surface area contributed by atoms with Crippen LogP contribution in [0.2, 0.25) is 0 Å². The Labute approximate surface area is 85.0 Å². The number of nitrogen functional groups attached to an aromatic ring is 1. The van der Waals surface area contributed by atoms with E-state index in [4.69, 9.17) is 15.2 Å². The van der Waals surface area contributed by atoms with E-state index in [1.807, 2.05) is 6.07 Å². The second kappa shape index (κ2) is 3.84. The van der Waals surface area contributed by atoms with E-state index in [1.54, 1.807) is 20.3 Å². The summed E-state index contributed by atoms with van der Waals surface area (Å²) in [5.41, 5.74) is 6.26. The number of rotatable bonds is 2. The molecule has 1 aromatic rings. The van der Waals surface area contributed by atoms with Gasteiger partial charge < -0.3 is 15.2 Å². The van der Waals surface area contributed by atoms with Gasteiger partial charge in [-0.15, -0.1) is 0 Å². The molecule has 0 aliphatic rings. The molecule has 1 aromatic carbocycles. The fourth-order valence-corrected chi connectivity index (χ4v) is 1.54. The van der Waals surface area contributed by atoms with Gasteiger partial charge in [-0.3, -0.25) is 0 Å². The van der Waals surface area contributed by atoms with Gasteiger partial charge >= 0.3 is 0 Å². The minimum absolute atomic E-state index is 0.592. The smallest absolute Gasteiger partial charge is 0.143 e. The van der Waals surface area contributed by atoms with Gasteiger partial charge in [0, 0.05) is 6.07 Å². The number of halogens is 1. The van der Waals surface area contributed by atoms with Gasteiger partial charge in [-0.25, -0.2) is 0 Å². The fraction of sp³-hybridized carbons (Fsp3) is 0.250. The Hall–Kier alpha value is -0.650. The standard InChI is InChI=1S/C8H10INO2/c1-11-7-4-6(10)8(12-2)3-5(7)9/h3-4H,10H2,1-2H3. The van der Waals surface area contributed by atoms with Crippen LogP contribution in [0.15, 0.2) is 12.1 Å². The summed E-state index contributed by atoms with van der Waals surface area (Å²) in [7, 11) is 3.21. The summed E-state index contributed by atoms with van der Waals surface area (Å²) < 4.78 is 11.1. The molecule has 66 valence electrons. The van der Waals surface area contributed by atoms with Crippen LogP contribution in [0.25, 0.3) is 0 Å². The molecule has 2 N–H and O–H groups in total. The Bertz CT molecular complexity index is 259. The Balaban J connectivity index is 3.16. The number of hydrogen-bond acceptors (Lipinski definition) is 3. The summed E-state index contributed by atoms with van der Waals surface area (Å²) in [6, 6.07) is 3.59. The van der Waals surface area contributed by atoms with Gasteiger partial charge in [0.25, 0.3) is 0 Å². The highest BCUT2D eigenvalue weighted by Crippen LogP contribution is 2.31. The number of ether oxygens (including phenoxy) is 2. The lowest BCUT2D eigenvalue weighted by atomic mass is 10.3. The van der Waals surface area contributed by atoms with Crippen LogP contribution in [0.4, 0.5) is 5.69 Å². The van der Waals surface area contributed by atoms with Gasteiger partial charge in [-0.05, 0) is 28.7 Å². The van der Waals surface area contributed by atoms with E-state index in [1.165, 1.54) is 0 Å². The molecular formula is C8H10INO2. The zero-order chi connectivity index (χ0) is 9.14. The van der Waals surface area contributed by atoms with Crippen LogP contribution < -0.4 is 15.2 Å². The Morgan fingerprint density at radius 3 is 2.25 bits per heavy atom. The van der Waals surface area contributed by atoms with Crippen LogP contribution in [-0.4, -0.2) is 14.2 Å². The lowest BCUT2D eigenvalue weighted by molar-refractivity contribution is 0.402. The van der Waals surface area contributed by atoms with E-state index in [0.29, 0.717) is 11.4 Å². The predicted octanol–water partition coefficient (Wildman–Crippen LogP) is 1.89. The maximum atomic E-state index is 5.67. The highest BCUT2D eigenvalue weighted by Gasteiger charge is 2.05. The first-order chi connectivity index (χ1) is 5.69. The fourth-order valence-electron chi connectivity index (χ4n) is 0.884. The van der Waals surface area contributed by atoms with Crippen molar-refractivity contribution >= 4 is 28.3 Å². The van der Waals surface area contributed by atoms with E-state index in [2.05, 4.69) is 22.6 Å². The first-order valence-corrected chi connectivity index (χ1v) is 4.44. The number of benzene rings is 1. The molecule has 0 aliphatic heterocycles. The molecule has 0 saturated carbocycles. The lowest BCUT2D eigenvalue weighted by Crippen LogP contribution is -1.95. The van der Waals surface area contributed by atoms with E-state index in [-0.39, 0.29) is 0 Å². The molecule has 0 bridgehead atoms. The second-order valence-corrected chi connectivity index (χ2v) is 3.39. The average Bonchev–Trinajstić information content (AvgIpc) is 2.08. The summed E-state index contributed by atoms with van der Waals surface area (Å²) in [5, 5.41) is 0. The maximum absolute atomic E-state index is 5.67. The first kappa shape index (κ1) is 9.44. The third-order valence-electron chi connectivity index (χ3n) is 1.50. The van der Waals surface area contributed by atoms with Gasteiger partial charge in [0.15, 0.2) is 0 Å². The van der Waals surface area contributed by atoms with Crippen molar-refractivity contribution in [3.63, 3.8) is 0 Å². The molecule has 4 heteroatoms. The maximum Gasteiger partial charge on any atom is 0.143 e. The highest BCUT2D eigenvalue weighted by atomic mass is 127. The largest absolute Gasteiger partial charge is 0.496 e. The van der Waals surface area contributed by atoms with E-state index >= 15 is 0 Å². The Kier molecular flexibility index (Phi) is 3.02. The molecule has 1 rings (SSSR count). The minimum Gasteiger partial charge on any atom is -0.496 e. The molecule has 0 atom stereocenters. The SMILES string of the molecule is COc1cc(I)c(OC)cc1N. The van der Waals surface area contributed by atoms with E-state index in [0.717, 1.165) is 9.32 Å². The second-order valence-electron chi connectivity index (χ2n) is 2.23. The van der Waals surface area contributed by atoms with Crippen molar-refractivity contribution in [3.8, 4) is 11.5 Å². The molecule has 12 heavy (non-hydrogen) atoms. The quantitative estimate of drug-likeness (QED) is 0.664. The van der Waals surface area contributed by atoms with E-state index in [9.17, 15) is 0 Å². The third kappa shape index (κ3) is 1.74. The molecule has 0 fully saturated rings. The van der Waals surface area contributed by atoms with Crippen LogP contribution in [0.5, 0.6) is 11.5 Å². The highest BCUT2D eigenvalue weighted by molar-refractivity contribution is 14.1. The number of anilines is 1. The molecule has 0 amide bonds. The lowest BCUT2D eigenvalue weighted by Gasteiger charge is -2.08. The summed E-state index contributed by atoms with van der Waals surface area (Å²) in [6.07, 6.45) is 0. The molecule has 0 aromatic heterocycles. The van der Waals surface area contributed by atoms with Crippen LogP contribution in [-0.2, 0) is 0 Å². The van der Waals surface area contributed by atoms with Crippen LogP contribution >= 0.6 is 22.6 Å². The molecule has 3 nitrogen and oxygen atoms in total. The summed E-state index contributed by atoms with van der Waals surface area (Å²) in [6.45, 7) is 0. The zero-order valence-corrected chi connectivity index (χ0v) is 9.08. The molecule has 0 spiro atoms. The summed E-state index contributed by atoms with van der Waals surface area (Å²) in [5.74, 6) is 1.45. The van der Waals surface area contributed by atoms with Crippen molar-refractivity contribution in [2.45, 2.75) is 0 Å². The van der Waals surface area contributed by atoms with Crippen molar-refractivity contribution in [3.05, 3.63) is 15.7 Å². The van der Waals surface area contributed by atoms with Crippen LogP contribution in [0, 0.1) is 3.57 Å². The van der Waals surface area contributed by atoms with Gasteiger partial charge in [0.2, 0.25) is 0 Å². The predicted molar refractivity (Wildman–Crippen MR) is 56.7 cm³/mol. The zero-order valence-electron chi connectivity index (χ0n) is 6.93. The van der Waals surface area contributed by atoms with Crippen molar-refractivity contribution < 1.29 is 9.47 Å². The Morgan fingerprint density at radius 1 is 1.17 bits per heavy atom. The minimum atomic E-state index is 0.592. The van der Waals surface area contributed by atoms with Gasteiger partial charge in [0.1, 0.15) is 11.5 Å². The van der Waals surface area contributed by atoms with Crippen LogP contribution in [0.3, 0.4) is 0 Å². The monoisotopic (exact) mass is 279 g/mol. The van der Waals surface area contributed by atoms with Gasteiger partial charge in [-0.2, -0.15) is 0 Å². The molecule has 0 heterocycles. The van der Waals surface area contributed by atoms with Crippen molar-refractivity contribution in [1.29, 1.82) is 0 Å². The molecular weight excluding hydrogens is 269 g/mol. The Morgan fingerprint density at radius 2 is 1.75 bits per heavy atom. The summed E-state index contributed by atoms with van der Waals surface area (Å²) >= 11 is 2.17. The molecule has 0 radical (unpaired) electrons. The first-order valence-electron chi connectivity index (χ1n) is 3.36. The van der Waals surface area contributed by atoms with Gasteiger partial charge in [-0.1, -0.05) is 0 Å².